The zero-order valence-electron chi connectivity index (χ0n) is 18.4. The molecule has 0 spiro atoms. The molecule has 4 rings (SSSR count). The summed E-state index contributed by atoms with van der Waals surface area (Å²) in [6, 6.07) is 17.6. The summed E-state index contributed by atoms with van der Waals surface area (Å²) in [7, 11) is 0. The minimum atomic E-state index is -0.0623. The van der Waals surface area contributed by atoms with E-state index in [-0.39, 0.29) is 23.0 Å². The lowest BCUT2D eigenvalue weighted by Crippen LogP contribution is -2.48. The highest BCUT2D eigenvalue weighted by atomic mass is 35.5. The summed E-state index contributed by atoms with van der Waals surface area (Å²) in [5, 5.41) is 3.82. The fourth-order valence-corrected chi connectivity index (χ4v) is 4.98. The summed E-state index contributed by atoms with van der Waals surface area (Å²) in [5.41, 5.74) is 1.92. The first-order chi connectivity index (χ1) is 15.6. The molecule has 1 N–H and O–H groups in total. The van der Waals surface area contributed by atoms with Crippen molar-refractivity contribution in [3.63, 3.8) is 0 Å². The van der Waals surface area contributed by atoms with Crippen molar-refractivity contribution in [3.8, 4) is 0 Å². The molecule has 0 atom stereocenters. The van der Waals surface area contributed by atoms with Crippen molar-refractivity contribution >= 4 is 23.3 Å². The van der Waals surface area contributed by atoms with Crippen LogP contribution in [0, 0.1) is 5.92 Å². The van der Waals surface area contributed by atoms with Gasteiger partial charge in [0.1, 0.15) is 0 Å². The second kappa shape index (κ2) is 10.6. The van der Waals surface area contributed by atoms with Crippen LogP contribution >= 0.6 is 11.6 Å². The normalized spacial score (nSPS) is 19.4. The summed E-state index contributed by atoms with van der Waals surface area (Å²) in [4.78, 5) is 27.6. The van der Waals surface area contributed by atoms with Crippen LogP contribution in [0.2, 0.25) is 5.02 Å². The number of hydrogen-bond acceptors (Lipinski definition) is 4. The molecule has 2 fully saturated rings. The molecule has 5 nitrogen and oxygen atoms in total. The molecule has 170 valence electrons. The number of ketones is 1. The van der Waals surface area contributed by atoms with E-state index in [0.29, 0.717) is 23.7 Å². The highest BCUT2D eigenvalue weighted by molar-refractivity contribution is 6.30. The smallest absolute Gasteiger partial charge is 0.234 e. The molecule has 0 saturated carbocycles. The number of likely N-dealkylation sites (tertiary alicyclic amines) is 1. The van der Waals surface area contributed by atoms with E-state index < -0.39 is 0 Å². The Kier molecular flexibility index (Phi) is 7.61. The van der Waals surface area contributed by atoms with Crippen LogP contribution in [0.1, 0.15) is 41.6 Å². The zero-order valence-corrected chi connectivity index (χ0v) is 19.2. The zero-order chi connectivity index (χ0) is 22.4. The average Bonchev–Trinajstić information content (AvgIpc) is 2.84. The van der Waals surface area contributed by atoms with Crippen LogP contribution in [0.4, 0.5) is 0 Å². The molecule has 0 aliphatic carbocycles. The van der Waals surface area contributed by atoms with E-state index in [4.69, 9.17) is 16.3 Å². The Bertz CT molecular complexity index is 902. The van der Waals surface area contributed by atoms with Gasteiger partial charge in [-0.3, -0.25) is 14.5 Å². The second-order valence-electron chi connectivity index (χ2n) is 8.96. The summed E-state index contributed by atoms with van der Waals surface area (Å²) in [6.45, 7) is 3.97. The van der Waals surface area contributed by atoms with Gasteiger partial charge in [-0.25, -0.2) is 0 Å². The third kappa shape index (κ3) is 5.58. The highest BCUT2D eigenvalue weighted by Gasteiger charge is 2.35. The molecule has 0 radical (unpaired) electrons. The number of rotatable bonds is 7. The maximum atomic E-state index is 12.7. The Morgan fingerprint density at radius 2 is 1.66 bits per heavy atom. The van der Waals surface area contributed by atoms with Crippen LogP contribution in [-0.2, 0) is 14.9 Å². The Morgan fingerprint density at radius 1 is 1.00 bits per heavy atom. The Morgan fingerprint density at radius 3 is 2.31 bits per heavy atom. The lowest BCUT2D eigenvalue weighted by Gasteiger charge is -2.38. The van der Waals surface area contributed by atoms with Gasteiger partial charge in [0, 0.05) is 41.7 Å². The van der Waals surface area contributed by atoms with Crippen molar-refractivity contribution in [2.24, 2.45) is 5.92 Å². The van der Waals surface area contributed by atoms with Gasteiger partial charge in [-0.1, -0.05) is 41.9 Å². The average molecular weight is 455 g/mol. The summed E-state index contributed by atoms with van der Waals surface area (Å²) >= 11 is 5.93. The van der Waals surface area contributed by atoms with E-state index >= 15 is 0 Å². The number of benzene rings is 2. The number of halogens is 1. The van der Waals surface area contributed by atoms with Crippen LogP contribution in [0.25, 0.3) is 0 Å². The van der Waals surface area contributed by atoms with E-state index in [1.54, 1.807) is 24.3 Å². The fourth-order valence-electron chi connectivity index (χ4n) is 4.85. The molecule has 0 aromatic heterocycles. The van der Waals surface area contributed by atoms with Crippen molar-refractivity contribution in [2.75, 3.05) is 39.4 Å². The maximum absolute atomic E-state index is 12.7. The minimum Gasteiger partial charge on any atom is -0.381 e. The van der Waals surface area contributed by atoms with Crippen molar-refractivity contribution in [3.05, 3.63) is 70.7 Å². The van der Waals surface area contributed by atoms with Gasteiger partial charge in [-0.2, -0.15) is 0 Å². The molecule has 2 aliphatic heterocycles. The van der Waals surface area contributed by atoms with E-state index in [9.17, 15) is 9.59 Å². The standard InChI is InChI=1S/C26H31ClN2O3/c27-23-8-6-20(7-9-23)25(31)21-10-14-29(15-11-21)18-24(30)28-19-26(12-16-32-17-13-26)22-4-2-1-3-5-22/h1-9,21H,10-19H2,(H,28,30). The Balaban J connectivity index is 1.27. The number of carbonyl (C=O) groups excluding carboxylic acids is 2. The predicted molar refractivity (Wildman–Crippen MR) is 126 cm³/mol. The number of hydrogen-bond donors (Lipinski definition) is 1. The van der Waals surface area contributed by atoms with E-state index in [0.717, 1.165) is 52.0 Å². The molecule has 2 heterocycles. The van der Waals surface area contributed by atoms with Crippen LogP contribution in [-0.4, -0.2) is 56.0 Å². The molecule has 1 amide bonds. The van der Waals surface area contributed by atoms with Gasteiger partial charge in [0.05, 0.1) is 6.54 Å². The molecule has 2 aliphatic rings. The quantitative estimate of drug-likeness (QED) is 0.640. The number of Topliss-reactive ketones (excluding diaryl/α,β-unsaturated/α-hetero) is 1. The van der Waals surface area contributed by atoms with Crippen molar-refractivity contribution < 1.29 is 14.3 Å². The lowest BCUT2D eigenvalue weighted by atomic mass is 9.74. The Hall–Kier alpha value is -2.21. The van der Waals surface area contributed by atoms with Gasteiger partial charge < -0.3 is 10.1 Å². The second-order valence-corrected chi connectivity index (χ2v) is 9.39. The molecular weight excluding hydrogens is 424 g/mol. The first kappa shape index (κ1) is 23.0. The summed E-state index contributed by atoms with van der Waals surface area (Å²) < 4.78 is 5.59. The van der Waals surface area contributed by atoms with Gasteiger partial charge in [-0.15, -0.1) is 0 Å². The van der Waals surface area contributed by atoms with E-state index in [2.05, 4.69) is 34.5 Å². The topological polar surface area (TPSA) is 58.6 Å². The third-order valence-electron chi connectivity index (χ3n) is 6.91. The van der Waals surface area contributed by atoms with Crippen LogP contribution < -0.4 is 5.32 Å². The van der Waals surface area contributed by atoms with E-state index in [1.165, 1.54) is 5.56 Å². The van der Waals surface area contributed by atoms with E-state index in [1.807, 2.05) is 6.07 Å². The van der Waals surface area contributed by atoms with Gasteiger partial charge in [-0.05, 0) is 68.6 Å². The van der Waals surface area contributed by atoms with Crippen molar-refractivity contribution in [1.29, 1.82) is 0 Å². The van der Waals surface area contributed by atoms with Gasteiger partial charge in [0.25, 0.3) is 0 Å². The molecule has 0 bridgehead atoms. The number of piperidine rings is 1. The maximum Gasteiger partial charge on any atom is 0.234 e. The Labute approximate surface area is 195 Å². The van der Waals surface area contributed by atoms with Gasteiger partial charge in [0.15, 0.2) is 5.78 Å². The summed E-state index contributed by atoms with van der Waals surface area (Å²) in [6.07, 6.45) is 3.38. The first-order valence-corrected chi connectivity index (χ1v) is 11.9. The molecule has 32 heavy (non-hydrogen) atoms. The molecule has 0 unspecified atom stereocenters. The number of carbonyl (C=O) groups is 2. The monoisotopic (exact) mass is 454 g/mol. The van der Waals surface area contributed by atoms with Crippen molar-refractivity contribution in [1.82, 2.24) is 10.2 Å². The summed E-state index contributed by atoms with van der Waals surface area (Å²) in [5.74, 6) is 0.239. The fraction of sp³-hybridized carbons (Fsp3) is 0.462. The number of ether oxygens (including phenoxy) is 1. The molecule has 2 aromatic rings. The molecular formula is C26H31ClN2O3. The molecule has 6 heteroatoms. The van der Waals surface area contributed by atoms with Crippen LogP contribution in [0.3, 0.4) is 0 Å². The van der Waals surface area contributed by atoms with Gasteiger partial charge >= 0.3 is 0 Å². The molecule has 2 aromatic carbocycles. The van der Waals surface area contributed by atoms with Crippen molar-refractivity contribution in [2.45, 2.75) is 31.1 Å². The minimum absolute atomic E-state index is 0.0130. The highest BCUT2D eigenvalue weighted by Crippen LogP contribution is 2.34. The SMILES string of the molecule is O=C(CN1CCC(C(=O)c2ccc(Cl)cc2)CC1)NCC1(c2ccccc2)CCOCC1. The number of nitrogens with zero attached hydrogens (tertiary/aromatic N) is 1. The number of nitrogens with one attached hydrogen (secondary N) is 1. The largest absolute Gasteiger partial charge is 0.381 e. The molecule has 2 saturated heterocycles. The first-order valence-electron chi connectivity index (χ1n) is 11.5. The van der Waals surface area contributed by atoms with Gasteiger partial charge in [0.2, 0.25) is 5.91 Å². The predicted octanol–water partition coefficient (Wildman–Crippen LogP) is 4.10. The number of amides is 1. The van der Waals surface area contributed by atoms with Crippen LogP contribution in [0.5, 0.6) is 0 Å². The van der Waals surface area contributed by atoms with Crippen LogP contribution in [0.15, 0.2) is 54.6 Å². The lowest BCUT2D eigenvalue weighted by molar-refractivity contribution is -0.123. The third-order valence-corrected chi connectivity index (χ3v) is 7.17.